The molecule has 0 radical (unpaired) electrons. The van der Waals surface area contributed by atoms with Crippen molar-refractivity contribution in [3.05, 3.63) is 54.6 Å². The third-order valence-electron chi connectivity index (χ3n) is 3.75. The Balaban J connectivity index is 1.82. The second-order valence-electron chi connectivity index (χ2n) is 5.67. The van der Waals surface area contributed by atoms with E-state index < -0.39 is 6.67 Å². The van der Waals surface area contributed by atoms with Gasteiger partial charge in [0.15, 0.2) is 0 Å². The molecule has 1 heterocycles. The molecular weight excluding hydrogens is 305 g/mol. The van der Waals surface area contributed by atoms with Gasteiger partial charge in [-0.05, 0) is 35.9 Å². The van der Waals surface area contributed by atoms with E-state index >= 15 is 0 Å². The van der Waals surface area contributed by atoms with Crippen molar-refractivity contribution in [2.75, 3.05) is 32.3 Å². The van der Waals surface area contributed by atoms with Crippen molar-refractivity contribution in [1.82, 2.24) is 10.2 Å². The molecule has 2 aromatic carbocycles. The molecule has 3 aromatic rings. The number of benzene rings is 2. The molecule has 124 valence electrons. The van der Waals surface area contributed by atoms with Gasteiger partial charge < -0.3 is 9.64 Å². The molecule has 0 atom stereocenters. The summed E-state index contributed by atoms with van der Waals surface area (Å²) in [6, 6.07) is 17.8. The minimum atomic E-state index is -0.500. The van der Waals surface area contributed by atoms with Crippen LogP contribution in [0.3, 0.4) is 0 Å². The number of rotatable bonds is 6. The first kappa shape index (κ1) is 16.1. The van der Waals surface area contributed by atoms with Crippen LogP contribution in [0, 0.1) is 0 Å². The fourth-order valence-corrected chi connectivity index (χ4v) is 2.46. The molecule has 0 spiro atoms. The van der Waals surface area contributed by atoms with E-state index in [9.17, 15) is 4.39 Å². The van der Waals surface area contributed by atoms with Crippen molar-refractivity contribution < 1.29 is 9.13 Å². The Hall–Kier alpha value is -2.82. The molecule has 0 aliphatic carbocycles. The Morgan fingerprint density at radius 1 is 1.04 bits per heavy atom. The number of ether oxygens (including phenoxy) is 1. The minimum absolute atomic E-state index is 0.0630. The highest BCUT2D eigenvalue weighted by molar-refractivity contribution is 5.70. The summed E-state index contributed by atoms with van der Waals surface area (Å²) in [6.45, 7) is -0.437. The summed E-state index contributed by atoms with van der Waals surface area (Å²) in [6.07, 6.45) is 0. The van der Waals surface area contributed by atoms with Gasteiger partial charge in [-0.1, -0.05) is 24.3 Å². The first-order valence-electron chi connectivity index (χ1n) is 7.80. The summed E-state index contributed by atoms with van der Waals surface area (Å²) in [7, 11) is 4.03. The zero-order valence-corrected chi connectivity index (χ0v) is 13.8. The summed E-state index contributed by atoms with van der Waals surface area (Å²) in [5.41, 5.74) is 4.93. The number of nitrogens with one attached hydrogen (secondary N) is 1. The average molecular weight is 325 g/mol. The number of aromatic amines is 1. The lowest BCUT2D eigenvalue weighted by Gasteiger charge is -2.12. The van der Waals surface area contributed by atoms with Crippen LogP contribution in [-0.2, 0) is 0 Å². The van der Waals surface area contributed by atoms with Crippen molar-refractivity contribution in [3.63, 3.8) is 0 Å². The van der Waals surface area contributed by atoms with Crippen LogP contribution in [-0.4, -0.2) is 37.6 Å². The molecule has 0 saturated carbocycles. The first-order valence-corrected chi connectivity index (χ1v) is 7.80. The number of alkyl halides is 1. The van der Waals surface area contributed by atoms with Gasteiger partial charge in [-0.25, -0.2) is 4.39 Å². The number of H-pyrrole nitrogens is 1. The SMILES string of the molecule is CN(C)c1ccc(-c2cc(-c3cccc(OCCF)c3)n[nH]2)cc1. The van der Waals surface area contributed by atoms with E-state index in [2.05, 4.69) is 39.4 Å². The lowest BCUT2D eigenvalue weighted by atomic mass is 10.1. The van der Waals surface area contributed by atoms with Gasteiger partial charge in [0.2, 0.25) is 0 Å². The Labute approximate surface area is 140 Å². The minimum Gasteiger partial charge on any atom is -0.491 e. The highest BCUT2D eigenvalue weighted by atomic mass is 19.1. The zero-order chi connectivity index (χ0) is 16.9. The van der Waals surface area contributed by atoms with E-state index in [1.54, 1.807) is 0 Å². The van der Waals surface area contributed by atoms with Crippen molar-refractivity contribution in [2.45, 2.75) is 0 Å². The summed E-state index contributed by atoms with van der Waals surface area (Å²) in [5.74, 6) is 0.644. The average Bonchev–Trinajstić information content (AvgIpc) is 3.10. The van der Waals surface area contributed by atoms with Gasteiger partial charge in [0.25, 0.3) is 0 Å². The molecule has 24 heavy (non-hydrogen) atoms. The first-order chi connectivity index (χ1) is 11.7. The summed E-state index contributed by atoms with van der Waals surface area (Å²) < 4.78 is 17.6. The lowest BCUT2D eigenvalue weighted by Crippen LogP contribution is -2.07. The summed E-state index contributed by atoms with van der Waals surface area (Å²) >= 11 is 0. The third kappa shape index (κ3) is 3.56. The molecule has 0 bridgehead atoms. The van der Waals surface area contributed by atoms with Crippen LogP contribution in [0.15, 0.2) is 54.6 Å². The van der Waals surface area contributed by atoms with Crippen molar-refractivity contribution >= 4 is 5.69 Å². The Morgan fingerprint density at radius 2 is 1.83 bits per heavy atom. The molecule has 0 saturated heterocycles. The van der Waals surface area contributed by atoms with E-state index in [0.29, 0.717) is 5.75 Å². The molecule has 0 amide bonds. The monoisotopic (exact) mass is 325 g/mol. The van der Waals surface area contributed by atoms with Gasteiger partial charge in [0.1, 0.15) is 19.0 Å². The molecule has 1 aromatic heterocycles. The Kier molecular flexibility index (Phi) is 4.79. The van der Waals surface area contributed by atoms with Crippen LogP contribution < -0.4 is 9.64 Å². The number of anilines is 1. The smallest absolute Gasteiger partial charge is 0.123 e. The standard InChI is InChI=1S/C19H20FN3O/c1-23(2)16-8-6-14(7-9-16)18-13-19(22-21-18)15-4-3-5-17(12-15)24-11-10-20/h3-9,12-13H,10-11H2,1-2H3,(H,21,22). The summed E-state index contributed by atoms with van der Waals surface area (Å²) in [5, 5.41) is 7.44. The van der Waals surface area contributed by atoms with E-state index in [-0.39, 0.29) is 6.61 Å². The molecule has 1 N–H and O–H groups in total. The van der Waals surface area contributed by atoms with Crippen LogP contribution in [0.25, 0.3) is 22.5 Å². The number of aromatic nitrogens is 2. The number of halogens is 1. The maximum atomic E-state index is 12.2. The van der Waals surface area contributed by atoms with E-state index in [1.807, 2.05) is 44.4 Å². The van der Waals surface area contributed by atoms with Crippen LogP contribution in [0.5, 0.6) is 5.75 Å². The lowest BCUT2D eigenvalue weighted by molar-refractivity contribution is 0.273. The van der Waals surface area contributed by atoms with Crippen molar-refractivity contribution in [2.24, 2.45) is 0 Å². The zero-order valence-electron chi connectivity index (χ0n) is 13.8. The molecule has 5 heteroatoms. The third-order valence-corrected chi connectivity index (χ3v) is 3.75. The normalized spacial score (nSPS) is 10.6. The second-order valence-corrected chi connectivity index (χ2v) is 5.67. The fourth-order valence-electron chi connectivity index (χ4n) is 2.46. The molecule has 0 fully saturated rings. The predicted molar refractivity (Wildman–Crippen MR) is 95.3 cm³/mol. The van der Waals surface area contributed by atoms with Gasteiger partial charge in [0, 0.05) is 25.3 Å². The quantitative estimate of drug-likeness (QED) is 0.740. The largest absolute Gasteiger partial charge is 0.491 e. The predicted octanol–water partition coefficient (Wildman–Crippen LogP) is 4.16. The van der Waals surface area contributed by atoms with Crippen LogP contribution in [0.4, 0.5) is 10.1 Å². The van der Waals surface area contributed by atoms with Gasteiger partial charge in [-0.3, -0.25) is 5.10 Å². The maximum absolute atomic E-state index is 12.2. The van der Waals surface area contributed by atoms with Crippen LogP contribution in [0.1, 0.15) is 0 Å². The highest BCUT2D eigenvalue weighted by Crippen LogP contribution is 2.27. The second kappa shape index (κ2) is 7.17. The molecule has 4 nitrogen and oxygen atoms in total. The van der Waals surface area contributed by atoms with E-state index in [0.717, 1.165) is 28.2 Å². The fraction of sp³-hybridized carbons (Fsp3) is 0.211. The number of nitrogens with zero attached hydrogens (tertiary/aromatic N) is 2. The van der Waals surface area contributed by atoms with Gasteiger partial charge in [0.05, 0.1) is 11.4 Å². The van der Waals surface area contributed by atoms with Gasteiger partial charge in [-0.2, -0.15) is 5.10 Å². The van der Waals surface area contributed by atoms with Crippen LogP contribution >= 0.6 is 0 Å². The molecule has 0 unspecified atom stereocenters. The topological polar surface area (TPSA) is 41.1 Å². The molecule has 0 aliphatic rings. The number of hydrogen-bond donors (Lipinski definition) is 1. The van der Waals surface area contributed by atoms with Crippen LogP contribution in [0.2, 0.25) is 0 Å². The number of hydrogen-bond acceptors (Lipinski definition) is 3. The van der Waals surface area contributed by atoms with E-state index in [1.165, 1.54) is 0 Å². The van der Waals surface area contributed by atoms with Crippen molar-refractivity contribution in [1.29, 1.82) is 0 Å². The highest BCUT2D eigenvalue weighted by Gasteiger charge is 2.07. The molecule has 0 aliphatic heterocycles. The molecule has 3 rings (SSSR count). The van der Waals surface area contributed by atoms with Gasteiger partial charge >= 0.3 is 0 Å². The summed E-state index contributed by atoms with van der Waals surface area (Å²) in [4.78, 5) is 2.06. The van der Waals surface area contributed by atoms with Crippen molar-refractivity contribution in [3.8, 4) is 28.3 Å². The van der Waals surface area contributed by atoms with E-state index in [4.69, 9.17) is 4.74 Å². The maximum Gasteiger partial charge on any atom is 0.123 e. The Morgan fingerprint density at radius 3 is 2.54 bits per heavy atom. The molecular formula is C19H20FN3O. The Bertz CT molecular complexity index is 796. The van der Waals surface area contributed by atoms with Gasteiger partial charge in [-0.15, -0.1) is 0 Å².